The fourth-order valence-electron chi connectivity index (χ4n) is 1.90. The van der Waals surface area contributed by atoms with Crippen LogP contribution in [-0.4, -0.2) is 39.8 Å². The summed E-state index contributed by atoms with van der Waals surface area (Å²) in [6, 6.07) is 3.51. The summed E-state index contributed by atoms with van der Waals surface area (Å²) >= 11 is 0. The number of hydrogen-bond acceptors (Lipinski definition) is 6. The largest absolute Gasteiger partial charge is 0.480 e. The summed E-state index contributed by atoms with van der Waals surface area (Å²) in [5.41, 5.74) is -0.741. The summed E-state index contributed by atoms with van der Waals surface area (Å²) in [6.45, 7) is 6.81. The highest BCUT2D eigenvalue weighted by molar-refractivity contribution is 5.81. The molecule has 0 aliphatic rings. The van der Waals surface area contributed by atoms with E-state index in [1.165, 1.54) is 31.2 Å². The molecule has 1 aromatic rings. The smallest absolute Gasteiger partial charge is 0.413 e. The molecule has 0 aliphatic heterocycles. The van der Waals surface area contributed by atoms with E-state index in [0.29, 0.717) is 0 Å². The Balaban J connectivity index is 2.72. The number of carbonyl (C=O) groups is 2. The van der Waals surface area contributed by atoms with Gasteiger partial charge in [0.15, 0.2) is 6.04 Å². The normalized spacial score (nSPS) is 13.7. The maximum absolute atomic E-state index is 11.8. The van der Waals surface area contributed by atoms with Gasteiger partial charge in [-0.1, -0.05) is 0 Å². The predicted molar refractivity (Wildman–Crippen MR) is 84.0 cm³/mol. The Labute approximate surface area is 138 Å². The Hall–Kier alpha value is -2.68. The average Bonchev–Trinajstić information content (AvgIpc) is 2.43. The monoisotopic (exact) mass is 340 g/mol. The van der Waals surface area contributed by atoms with E-state index in [0.717, 1.165) is 0 Å². The lowest BCUT2D eigenvalue weighted by atomic mass is 10.1. The number of carbonyl (C=O) groups excluding carboxylic acids is 1. The van der Waals surface area contributed by atoms with E-state index in [4.69, 9.17) is 9.47 Å². The standard InChI is InChI=1S/C15H20N2O7/c1-9(24-15(2,3)4)12(13(18)19)16-14(20)23-11-7-5-10(6-8-11)17(21)22/h5-9,12H,1-4H3,(H,16,20)(H,18,19)/t9-,12-/m0/s1. The zero-order chi connectivity index (χ0) is 18.5. The van der Waals surface area contributed by atoms with Crippen LogP contribution in [0.1, 0.15) is 27.7 Å². The fourth-order valence-corrected chi connectivity index (χ4v) is 1.90. The molecule has 0 radical (unpaired) electrons. The third-order valence-electron chi connectivity index (χ3n) is 2.81. The SMILES string of the molecule is C[C@H](OC(C)(C)C)[C@H](NC(=O)Oc1ccc([N+](=O)[O-])cc1)C(=O)O. The number of nitrogens with zero attached hydrogens (tertiary/aromatic N) is 1. The van der Waals surface area contributed by atoms with Crippen LogP contribution in [0.15, 0.2) is 24.3 Å². The van der Waals surface area contributed by atoms with Crippen molar-refractivity contribution in [1.29, 1.82) is 0 Å². The summed E-state index contributed by atoms with van der Waals surface area (Å²) in [5, 5.41) is 22.0. The highest BCUT2D eigenvalue weighted by atomic mass is 16.6. The van der Waals surface area contributed by atoms with Gasteiger partial charge in [0, 0.05) is 12.1 Å². The molecule has 9 nitrogen and oxygen atoms in total. The van der Waals surface area contributed by atoms with Gasteiger partial charge in [0.25, 0.3) is 5.69 Å². The van der Waals surface area contributed by atoms with Crippen molar-refractivity contribution in [1.82, 2.24) is 5.32 Å². The van der Waals surface area contributed by atoms with E-state index < -0.39 is 34.7 Å². The summed E-state index contributed by atoms with van der Waals surface area (Å²) in [5.74, 6) is -1.22. The van der Waals surface area contributed by atoms with Crippen molar-refractivity contribution in [2.45, 2.75) is 45.4 Å². The van der Waals surface area contributed by atoms with Crippen molar-refractivity contribution in [2.75, 3.05) is 0 Å². The molecular formula is C15H20N2O7. The molecule has 0 unspecified atom stereocenters. The van der Waals surface area contributed by atoms with E-state index in [-0.39, 0.29) is 11.4 Å². The van der Waals surface area contributed by atoms with Crippen molar-refractivity contribution in [3.05, 3.63) is 34.4 Å². The number of nitro benzene ring substituents is 1. The van der Waals surface area contributed by atoms with Gasteiger partial charge in [-0.05, 0) is 39.8 Å². The molecule has 2 atom stereocenters. The molecule has 0 bridgehead atoms. The van der Waals surface area contributed by atoms with Gasteiger partial charge >= 0.3 is 12.1 Å². The number of carboxylic acid groups (broad SMARTS) is 1. The second-order valence-corrected chi connectivity index (χ2v) is 6.04. The summed E-state index contributed by atoms with van der Waals surface area (Å²) in [4.78, 5) is 33.1. The quantitative estimate of drug-likeness (QED) is 0.600. The molecule has 132 valence electrons. The molecule has 0 heterocycles. The first-order valence-electron chi connectivity index (χ1n) is 7.13. The van der Waals surface area contributed by atoms with Crippen LogP contribution in [0, 0.1) is 10.1 Å². The third kappa shape index (κ3) is 6.21. The second kappa shape index (κ2) is 7.73. The number of aliphatic carboxylic acids is 1. The van der Waals surface area contributed by atoms with Gasteiger partial charge in [0.05, 0.1) is 16.6 Å². The number of nitro groups is 1. The van der Waals surface area contributed by atoms with Crippen molar-refractivity contribution < 1.29 is 29.1 Å². The van der Waals surface area contributed by atoms with Crippen molar-refractivity contribution in [3.63, 3.8) is 0 Å². The molecule has 0 saturated heterocycles. The van der Waals surface area contributed by atoms with Gasteiger partial charge in [-0.3, -0.25) is 10.1 Å². The highest BCUT2D eigenvalue weighted by Crippen LogP contribution is 2.18. The van der Waals surface area contributed by atoms with Crippen molar-refractivity contribution >= 4 is 17.7 Å². The van der Waals surface area contributed by atoms with Gasteiger partial charge < -0.3 is 19.9 Å². The first-order chi connectivity index (χ1) is 11.0. The topological polar surface area (TPSA) is 128 Å². The van der Waals surface area contributed by atoms with Gasteiger partial charge in [-0.15, -0.1) is 0 Å². The van der Waals surface area contributed by atoms with Gasteiger partial charge in [-0.2, -0.15) is 0 Å². The molecule has 0 aromatic heterocycles. The van der Waals surface area contributed by atoms with Gasteiger partial charge in [0.1, 0.15) is 5.75 Å². The van der Waals surface area contributed by atoms with Crippen LogP contribution >= 0.6 is 0 Å². The number of rotatable bonds is 6. The Morgan fingerprint density at radius 1 is 1.25 bits per heavy atom. The molecule has 2 N–H and O–H groups in total. The summed E-state index contributed by atoms with van der Waals surface area (Å²) < 4.78 is 10.4. The molecule has 0 fully saturated rings. The number of hydrogen-bond donors (Lipinski definition) is 2. The minimum absolute atomic E-state index is 0.0478. The summed E-state index contributed by atoms with van der Waals surface area (Å²) in [7, 11) is 0. The molecule has 0 aliphatic carbocycles. The zero-order valence-corrected chi connectivity index (χ0v) is 13.8. The van der Waals surface area contributed by atoms with Gasteiger partial charge in [0.2, 0.25) is 0 Å². The number of carboxylic acids is 1. The van der Waals surface area contributed by atoms with Crippen LogP contribution in [0.4, 0.5) is 10.5 Å². The summed E-state index contributed by atoms with van der Waals surface area (Å²) in [6.07, 6.45) is -1.80. The third-order valence-corrected chi connectivity index (χ3v) is 2.81. The minimum atomic E-state index is -1.31. The van der Waals surface area contributed by atoms with Crippen LogP contribution in [0.25, 0.3) is 0 Å². The Morgan fingerprint density at radius 3 is 2.21 bits per heavy atom. The maximum Gasteiger partial charge on any atom is 0.413 e. The zero-order valence-electron chi connectivity index (χ0n) is 13.8. The lowest BCUT2D eigenvalue weighted by molar-refractivity contribution is -0.384. The van der Waals surface area contributed by atoms with E-state index >= 15 is 0 Å². The molecule has 1 rings (SSSR count). The average molecular weight is 340 g/mol. The molecule has 9 heteroatoms. The highest BCUT2D eigenvalue weighted by Gasteiger charge is 2.31. The van der Waals surface area contributed by atoms with Crippen LogP contribution in [0.3, 0.4) is 0 Å². The first-order valence-corrected chi connectivity index (χ1v) is 7.13. The van der Waals surface area contributed by atoms with Crippen molar-refractivity contribution in [3.8, 4) is 5.75 Å². The van der Waals surface area contributed by atoms with Crippen LogP contribution in [0.2, 0.25) is 0 Å². The molecule has 24 heavy (non-hydrogen) atoms. The molecule has 0 spiro atoms. The van der Waals surface area contributed by atoms with Crippen LogP contribution in [0.5, 0.6) is 5.75 Å². The first kappa shape index (κ1) is 19.4. The minimum Gasteiger partial charge on any atom is -0.480 e. The Morgan fingerprint density at radius 2 is 1.79 bits per heavy atom. The molecule has 0 saturated carbocycles. The Kier molecular flexibility index (Phi) is 6.24. The van der Waals surface area contributed by atoms with Gasteiger partial charge in [-0.25, -0.2) is 9.59 Å². The molecule has 1 amide bonds. The van der Waals surface area contributed by atoms with E-state index in [2.05, 4.69) is 5.32 Å². The molecule has 1 aromatic carbocycles. The fraction of sp³-hybridized carbons (Fsp3) is 0.467. The van der Waals surface area contributed by atoms with E-state index in [1.807, 2.05) is 0 Å². The second-order valence-electron chi connectivity index (χ2n) is 6.04. The number of non-ortho nitro benzene ring substituents is 1. The maximum atomic E-state index is 11.8. The number of nitrogens with one attached hydrogen (secondary N) is 1. The Bertz CT molecular complexity index is 607. The number of ether oxygens (including phenoxy) is 2. The van der Waals surface area contributed by atoms with Crippen LogP contribution in [-0.2, 0) is 9.53 Å². The predicted octanol–water partition coefficient (Wildman–Crippen LogP) is 2.34. The van der Waals surface area contributed by atoms with Crippen LogP contribution < -0.4 is 10.1 Å². The van der Waals surface area contributed by atoms with Crippen molar-refractivity contribution in [2.24, 2.45) is 0 Å². The van der Waals surface area contributed by atoms with E-state index in [9.17, 15) is 24.8 Å². The lowest BCUT2D eigenvalue weighted by Crippen LogP contribution is -2.51. The number of benzene rings is 1. The lowest BCUT2D eigenvalue weighted by Gasteiger charge is -2.29. The molecular weight excluding hydrogens is 320 g/mol. The van der Waals surface area contributed by atoms with E-state index in [1.54, 1.807) is 20.8 Å². The number of amides is 1.